The second kappa shape index (κ2) is 8.37. The monoisotopic (exact) mass is 449 g/mol. The first-order chi connectivity index (χ1) is 16.1. The SMILES string of the molecule is COc1ccc(CC2CCN(C(=O)c3cnc[nH]3)CC2)cc1OC12CC3CC(CC(C3)C1)C2. The van der Waals surface area contributed by atoms with E-state index in [0.717, 1.165) is 61.6 Å². The highest BCUT2D eigenvalue weighted by molar-refractivity contribution is 5.92. The van der Waals surface area contributed by atoms with Gasteiger partial charge in [-0.25, -0.2) is 4.98 Å². The maximum atomic E-state index is 12.6. The maximum Gasteiger partial charge on any atom is 0.271 e. The number of carbonyl (C=O) groups is 1. The third-order valence-corrected chi connectivity index (χ3v) is 8.69. The zero-order valence-electron chi connectivity index (χ0n) is 19.6. The second-order valence-corrected chi connectivity index (χ2v) is 11.1. The third kappa shape index (κ3) is 4.13. The van der Waals surface area contributed by atoms with Crippen LogP contribution in [0, 0.1) is 23.7 Å². The Hall–Kier alpha value is -2.50. The van der Waals surface area contributed by atoms with E-state index in [1.807, 2.05) is 4.90 Å². The van der Waals surface area contributed by atoms with Crippen molar-refractivity contribution < 1.29 is 14.3 Å². The number of methoxy groups -OCH3 is 1. The summed E-state index contributed by atoms with van der Waals surface area (Å²) in [6, 6.07) is 6.51. The molecular weight excluding hydrogens is 414 g/mol. The van der Waals surface area contributed by atoms with Crippen molar-refractivity contribution in [2.75, 3.05) is 20.2 Å². The number of imidazole rings is 1. The highest BCUT2D eigenvalue weighted by atomic mass is 16.5. The van der Waals surface area contributed by atoms with Crippen LogP contribution in [0.2, 0.25) is 0 Å². The van der Waals surface area contributed by atoms with Crippen LogP contribution in [0.15, 0.2) is 30.7 Å². The minimum atomic E-state index is 0.0268. The summed E-state index contributed by atoms with van der Waals surface area (Å²) >= 11 is 0. The lowest BCUT2D eigenvalue weighted by atomic mass is 9.54. The predicted octanol–water partition coefficient (Wildman–Crippen LogP) is 4.86. The molecule has 1 N–H and O–H groups in total. The second-order valence-electron chi connectivity index (χ2n) is 11.1. The molecule has 6 nitrogen and oxygen atoms in total. The molecule has 0 atom stereocenters. The van der Waals surface area contributed by atoms with Crippen molar-refractivity contribution in [2.24, 2.45) is 23.7 Å². The number of nitrogens with one attached hydrogen (secondary N) is 1. The van der Waals surface area contributed by atoms with Gasteiger partial charge in [0.25, 0.3) is 5.91 Å². The number of hydrogen-bond acceptors (Lipinski definition) is 4. The van der Waals surface area contributed by atoms with E-state index in [1.165, 1.54) is 44.1 Å². The first-order valence-corrected chi connectivity index (χ1v) is 12.7. The lowest BCUT2D eigenvalue weighted by Crippen LogP contribution is -2.53. The molecule has 0 unspecified atom stereocenters. The fourth-order valence-electron chi connectivity index (χ4n) is 7.53. The minimum Gasteiger partial charge on any atom is -0.493 e. The number of hydrogen-bond donors (Lipinski definition) is 1. The van der Waals surface area contributed by atoms with Gasteiger partial charge in [-0.3, -0.25) is 4.79 Å². The number of aromatic amines is 1. The van der Waals surface area contributed by atoms with Crippen molar-refractivity contribution in [1.82, 2.24) is 14.9 Å². The fourth-order valence-corrected chi connectivity index (χ4v) is 7.53. The van der Waals surface area contributed by atoms with Gasteiger partial charge in [-0.1, -0.05) is 6.07 Å². The van der Waals surface area contributed by atoms with Crippen molar-refractivity contribution in [3.63, 3.8) is 0 Å². The summed E-state index contributed by atoms with van der Waals surface area (Å²) in [6.07, 6.45) is 14.1. The Labute approximate surface area is 196 Å². The van der Waals surface area contributed by atoms with Crippen LogP contribution in [0.5, 0.6) is 11.5 Å². The fraction of sp³-hybridized carbons (Fsp3) is 0.630. The summed E-state index contributed by atoms with van der Waals surface area (Å²) in [6.45, 7) is 1.60. The standard InChI is InChI=1S/C27H35N3O3/c1-32-24-3-2-19(8-18-4-6-30(7-5-18)26(31)23-16-28-17-29-23)12-25(24)33-27-13-20-9-21(14-27)11-22(10-20)15-27/h2-3,12,16-18,20-22H,4-11,13-15H2,1H3,(H,28,29). The summed E-state index contributed by atoms with van der Waals surface area (Å²) in [5.74, 6) is 5.01. The van der Waals surface area contributed by atoms with Crippen LogP contribution >= 0.6 is 0 Å². The van der Waals surface area contributed by atoms with Gasteiger partial charge >= 0.3 is 0 Å². The van der Waals surface area contributed by atoms with Gasteiger partial charge in [-0.05, 0) is 99.2 Å². The van der Waals surface area contributed by atoms with Gasteiger partial charge in [0.15, 0.2) is 11.5 Å². The number of rotatable bonds is 6. The van der Waals surface area contributed by atoms with Crippen molar-refractivity contribution in [3.05, 3.63) is 42.0 Å². The van der Waals surface area contributed by atoms with Crippen molar-refractivity contribution >= 4 is 5.91 Å². The Kier molecular flexibility index (Phi) is 5.34. The molecule has 4 saturated carbocycles. The number of aromatic nitrogens is 2. The van der Waals surface area contributed by atoms with Crippen molar-refractivity contribution in [2.45, 2.75) is 63.4 Å². The lowest BCUT2D eigenvalue weighted by molar-refractivity contribution is -0.108. The van der Waals surface area contributed by atoms with Crippen LogP contribution in [0.25, 0.3) is 0 Å². The molecule has 1 aromatic heterocycles. The van der Waals surface area contributed by atoms with Gasteiger partial charge in [-0.15, -0.1) is 0 Å². The molecule has 4 bridgehead atoms. The molecular formula is C27H35N3O3. The average Bonchev–Trinajstić information content (AvgIpc) is 3.33. The van der Waals surface area contributed by atoms with Gasteiger partial charge in [0.05, 0.1) is 19.6 Å². The van der Waals surface area contributed by atoms with Crippen LogP contribution in [0.4, 0.5) is 0 Å². The van der Waals surface area contributed by atoms with Crippen molar-refractivity contribution in [3.8, 4) is 11.5 Å². The topological polar surface area (TPSA) is 67.5 Å². The highest BCUT2D eigenvalue weighted by Gasteiger charge is 2.52. The number of nitrogens with zero attached hydrogens (tertiary/aromatic N) is 2. The molecule has 0 radical (unpaired) electrons. The summed E-state index contributed by atoms with van der Waals surface area (Å²) in [4.78, 5) is 21.4. The predicted molar refractivity (Wildman–Crippen MR) is 125 cm³/mol. The van der Waals surface area contributed by atoms with E-state index < -0.39 is 0 Å². The molecule has 0 spiro atoms. The van der Waals surface area contributed by atoms with Crippen LogP contribution in [-0.2, 0) is 6.42 Å². The molecule has 5 fully saturated rings. The molecule has 4 aliphatic carbocycles. The molecule has 2 aromatic rings. The Morgan fingerprint density at radius 3 is 2.39 bits per heavy atom. The van der Waals surface area contributed by atoms with Crippen LogP contribution in [0.3, 0.4) is 0 Å². The Balaban J connectivity index is 1.12. The molecule has 5 aliphatic rings. The highest BCUT2D eigenvalue weighted by Crippen LogP contribution is 2.57. The Morgan fingerprint density at radius 2 is 1.79 bits per heavy atom. The zero-order chi connectivity index (χ0) is 22.4. The third-order valence-electron chi connectivity index (χ3n) is 8.69. The van der Waals surface area contributed by atoms with E-state index in [4.69, 9.17) is 9.47 Å². The van der Waals surface area contributed by atoms with Crippen molar-refractivity contribution in [1.29, 1.82) is 0 Å². The number of carbonyl (C=O) groups excluding carboxylic acids is 1. The molecule has 33 heavy (non-hydrogen) atoms. The lowest BCUT2D eigenvalue weighted by Gasteiger charge is -2.56. The van der Waals surface area contributed by atoms with Crippen LogP contribution < -0.4 is 9.47 Å². The first-order valence-electron chi connectivity index (χ1n) is 12.7. The number of amides is 1. The van der Waals surface area contributed by atoms with Gasteiger partial charge in [0.1, 0.15) is 11.3 Å². The number of ether oxygens (including phenoxy) is 2. The zero-order valence-corrected chi connectivity index (χ0v) is 19.6. The van der Waals surface area contributed by atoms with Gasteiger partial charge in [0, 0.05) is 13.1 Å². The van der Waals surface area contributed by atoms with Gasteiger partial charge in [-0.2, -0.15) is 0 Å². The van der Waals surface area contributed by atoms with E-state index in [1.54, 1.807) is 19.6 Å². The van der Waals surface area contributed by atoms with Crippen LogP contribution in [0.1, 0.15) is 67.4 Å². The first kappa shape index (κ1) is 21.1. The number of H-pyrrole nitrogens is 1. The van der Waals surface area contributed by atoms with E-state index in [9.17, 15) is 4.79 Å². The number of likely N-dealkylation sites (tertiary alicyclic amines) is 1. The molecule has 176 valence electrons. The quantitative estimate of drug-likeness (QED) is 0.684. The molecule has 6 heteroatoms. The maximum absolute atomic E-state index is 12.6. The van der Waals surface area contributed by atoms with Gasteiger partial charge < -0.3 is 19.4 Å². The number of benzene rings is 1. The average molecular weight is 450 g/mol. The summed E-state index contributed by atoms with van der Waals surface area (Å²) in [5, 5.41) is 0. The Morgan fingerprint density at radius 1 is 1.09 bits per heavy atom. The molecule has 1 amide bonds. The van der Waals surface area contributed by atoms with E-state index in [-0.39, 0.29) is 11.5 Å². The largest absolute Gasteiger partial charge is 0.493 e. The van der Waals surface area contributed by atoms with Crippen LogP contribution in [-0.4, -0.2) is 46.6 Å². The molecule has 1 saturated heterocycles. The molecule has 1 aromatic carbocycles. The van der Waals surface area contributed by atoms with E-state index >= 15 is 0 Å². The summed E-state index contributed by atoms with van der Waals surface area (Å²) in [5.41, 5.74) is 1.92. The minimum absolute atomic E-state index is 0.0268. The summed E-state index contributed by atoms with van der Waals surface area (Å²) < 4.78 is 12.6. The molecule has 1 aliphatic heterocycles. The summed E-state index contributed by atoms with van der Waals surface area (Å²) in [7, 11) is 1.74. The smallest absolute Gasteiger partial charge is 0.271 e. The van der Waals surface area contributed by atoms with E-state index in [0.29, 0.717) is 11.6 Å². The normalized spacial score (nSPS) is 31.1. The molecule has 7 rings (SSSR count). The van der Waals surface area contributed by atoms with Gasteiger partial charge in [0.2, 0.25) is 0 Å². The molecule has 2 heterocycles. The number of piperidine rings is 1. The van der Waals surface area contributed by atoms with E-state index in [2.05, 4.69) is 28.2 Å². The Bertz CT molecular complexity index is 959.